The number of hydrogen-bond donors (Lipinski definition) is 0. The summed E-state index contributed by atoms with van der Waals surface area (Å²) in [5, 5.41) is 0. The Morgan fingerprint density at radius 2 is 1.53 bits per heavy atom. The standard InChI is InChI=1S/C14H23BO2/c1-12(2)9-7-11(8-10-12)15-16-13(3,4)14(5,6)17-15/h7-9H,10H2,1-6H3. The molecule has 0 bridgehead atoms. The molecule has 0 saturated carbocycles. The average Bonchev–Trinajstić information content (AvgIpc) is 2.35. The quantitative estimate of drug-likeness (QED) is 0.646. The van der Waals surface area contributed by atoms with Crippen molar-refractivity contribution < 1.29 is 9.31 Å². The number of hydrogen-bond acceptors (Lipinski definition) is 2. The minimum atomic E-state index is -0.251. The van der Waals surface area contributed by atoms with E-state index in [1.807, 2.05) is 0 Å². The molecule has 2 rings (SSSR count). The van der Waals surface area contributed by atoms with Crippen LogP contribution < -0.4 is 0 Å². The summed E-state index contributed by atoms with van der Waals surface area (Å²) in [6, 6.07) is 0. The molecular weight excluding hydrogens is 211 g/mol. The van der Waals surface area contributed by atoms with E-state index >= 15 is 0 Å². The molecule has 1 aliphatic carbocycles. The molecule has 1 fully saturated rings. The Hall–Kier alpha value is -0.535. The highest BCUT2D eigenvalue weighted by molar-refractivity contribution is 6.55. The zero-order valence-corrected chi connectivity index (χ0v) is 11.8. The lowest BCUT2D eigenvalue weighted by atomic mass is 9.71. The highest BCUT2D eigenvalue weighted by atomic mass is 16.7. The van der Waals surface area contributed by atoms with Crippen molar-refractivity contribution in [3.8, 4) is 0 Å². The Labute approximate surface area is 105 Å². The third kappa shape index (κ3) is 2.36. The van der Waals surface area contributed by atoms with E-state index < -0.39 is 0 Å². The molecule has 0 N–H and O–H groups in total. The summed E-state index contributed by atoms with van der Waals surface area (Å²) in [6.07, 6.45) is 7.67. The van der Waals surface area contributed by atoms with Gasteiger partial charge in [0.2, 0.25) is 0 Å². The molecule has 0 radical (unpaired) electrons. The van der Waals surface area contributed by atoms with E-state index in [-0.39, 0.29) is 23.7 Å². The van der Waals surface area contributed by atoms with E-state index in [0.717, 1.165) is 11.9 Å². The second-order valence-electron chi connectivity index (χ2n) is 6.82. The molecule has 3 heteroatoms. The Kier molecular flexibility index (Phi) is 2.83. The van der Waals surface area contributed by atoms with Crippen molar-refractivity contribution in [2.45, 2.75) is 59.2 Å². The lowest BCUT2D eigenvalue weighted by Gasteiger charge is -2.32. The van der Waals surface area contributed by atoms with Crippen LogP contribution in [0.5, 0.6) is 0 Å². The van der Waals surface area contributed by atoms with Gasteiger partial charge in [0, 0.05) is 0 Å². The van der Waals surface area contributed by atoms with Gasteiger partial charge >= 0.3 is 7.12 Å². The molecule has 0 amide bonds. The van der Waals surface area contributed by atoms with E-state index in [4.69, 9.17) is 9.31 Å². The maximum Gasteiger partial charge on any atom is 0.494 e. The molecule has 0 aromatic rings. The minimum absolute atomic E-state index is 0.215. The molecule has 1 aliphatic heterocycles. The van der Waals surface area contributed by atoms with Gasteiger partial charge < -0.3 is 9.31 Å². The SMILES string of the molecule is CC1(C)C=CC(B2OC(C)(C)C(C)(C)O2)=CC1. The van der Waals surface area contributed by atoms with Crippen molar-refractivity contribution in [2.24, 2.45) is 5.41 Å². The van der Waals surface area contributed by atoms with Crippen molar-refractivity contribution in [1.82, 2.24) is 0 Å². The van der Waals surface area contributed by atoms with Crippen LogP contribution in [0.2, 0.25) is 0 Å². The van der Waals surface area contributed by atoms with E-state index in [1.54, 1.807) is 0 Å². The van der Waals surface area contributed by atoms with Gasteiger partial charge in [-0.25, -0.2) is 0 Å². The summed E-state index contributed by atoms with van der Waals surface area (Å²) in [5.41, 5.74) is 0.911. The van der Waals surface area contributed by atoms with Gasteiger partial charge in [-0.1, -0.05) is 32.1 Å². The van der Waals surface area contributed by atoms with Gasteiger partial charge in [0.15, 0.2) is 0 Å². The van der Waals surface area contributed by atoms with Crippen LogP contribution in [0.15, 0.2) is 23.7 Å². The van der Waals surface area contributed by atoms with Gasteiger partial charge in [0.25, 0.3) is 0 Å². The Bertz CT molecular complexity index is 362. The normalized spacial score (nSPS) is 29.3. The fourth-order valence-electron chi connectivity index (χ4n) is 1.99. The predicted octanol–water partition coefficient (Wildman–Crippen LogP) is 3.53. The highest BCUT2D eigenvalue weighted by Gasteiger charge is 2.52. The maximum atomic E-state index is 6.03. The summed E-state index contributed by atoms with van der Waals surface area (Å²) in [4.78, 5) is 0. The highest BCUT2D eigenvalue weighted by Crippen LogP contribution is 2.40. The first-order valence-electron chi connectivity index (χ1n) is 6.38. The van der Waals surface area contributed by atoms with Crippen molar-refractivity contribution in [2.75, 3.05) is 0 Å². The van der Waals surface area contributed by atoms with Crippen molar-refractivity contribution >= 4 is 7.12 Å². The van der Waals surface area contributed by atoms with E-state index in [2.05, 4.69) is 59.8 Å². The van der Waals surface area contributed by atoms with Gasteiger partial charge in [-0.2, -0.15) is 0 Å². The van der Waals surface area contributed by atoms with Crippen LogP contribution in [0.4, 0.5) is 0 Å². The summed E-state index contributed by atoms with van der Waals surface area (Å²) < 4.78 is 12.1. The van der Waals surface area contributed by atoms with Crippen LogP contribution in [0.25, 0.3) is 0 Å². The molecule has 17 heavy (non-hydrogen) atoms. The summed E-state index contributed by atoms with van der Waals surface area (Å²) in [5.74, 6) is 0. The summed E-state index contributed by atoms with van der Waals surface area (Å²) in [7, 11) is -0.215. The zero-order valence-electron chi connectivity index (χ0n) is 11.8. The Morgan fingerprint density at radius 1 is 1.00 bits per heavy atom. The molecular formula is C14H23BO2. The van der Waals surface area contributed by atoms with Crippen LogP contribution in [-0.4, -0.2) is 18.3 Å². The molecule has 0 aromatic carbocycles. The monoisotopic (exact) mass is 234 g/mol. The fraction of sp³-hybridized carbons (Fsp3) is 0.714. The first-order valence-corrected chi connectivity index (χ1v) is 6.38. The lowest BCUT2D eigenvalue weighted by Crippen LogP contribution is -2.41. The second-order valence-corrected chi connectivity index (χ2v) is 6.82. The molecule has 94 valence electrons. The Balaban J connectivity index is 2.14. The average molecular weight is 234 g/mol. The molecule has 1 heterocycles. The number of rotatable bonds is 1. The molecule has 1 saturated heterocycles. The predicted molar refractivity (Wildman–Crippen MR) is 71.7 cm³/mol. The van der Waals surface area contributed by atoms with Crippen LogP contribution >= 0.6 is 0 Å². The largest absolute Gasteiger partial charge is 0.494 e. The lowest BCUT2D eigenvalue weighted by molar-refractivity contribution is 0.00578. The fourth-order valence-corrected chi connectivity index (χ4v) is 1.99. The van der Waals surface area contributed by atoms with Crippen molar-refractivity contribution in [3.63, 3.8) is 0 Å². The topological polar surface area (TPSA) is 18.5 Å². The second kappa shape index (κ2) is 3.73. The van der Waals surface area contributed by atoms with Crippen LogP contribution in [0.3, 0.4) is 0 Å². The molecule has 0 spiro atoms. The van der Waals surface area contributed by atoms with Crippen LogP contribution in [-0.2, 0) is 9.31 Å². The first kappa shape index (κ1) is 12.9. The van der Waals surface area contributed by atoms with Crippen molar-refractivity contribution in [3.05, 3.63) is 23.7 Å². The van der Waals surface area contributed by atoms with Crippen LogP contribution in [0.1, 0.15) is 48.0 Å². The van der Waals surface area contributed by atoms with Gasteiger partial charge in [-0.3, -0.25) is 0 Å². The van der Waals surface area contributed by atoms with Crippen molar-refractivity contribution in [1.29, 1.82) is 0 Å². The van der Waals surface area contributed by atoms with Crippen LogP contribution in [0, 0.1) is 5.41 Å². The zero-order chi connectivity index (χ0) is 12.9. The molecule has 2 nitrogen and oxygen atoms in total. The van der Waals surface area contributed by atoms with Gasteiger partial charge in [0.05, 0.1) is 11.2 Å². The van der Waals surface area contributed by atoms with E-state index in [0.29, 0.717) is 0 Å². The van der Waals surface area contributed by atoms with E-state index in [1.165, 1.54) is 0 Å². The maximum absolute atomic E-state index is 6.03. The van der Waals surface area contributed by atoms with Gasteiger partial charge in [0.1, 0.15) is 0 Å². The van der Waals surface area contributed by atoms with Gasteiger partial charge in [-0.05, 0) is 45.0 Å². The van der Waals surface area contributed by atoms with Gasteiger partial charge in [-0.15, -0.1) is 0 Å². The molecule has 0 atom stereocenters. The summed E-state index contributed by atoms with van der Waals surface area (Å²) >= 11 is 0. The van der Waals surface area contributed by atoms with E-state index in [9.17, 15) is 0 Å². The Morgan fingerprint density at radius 3 is 1.94 bits per heavy atom. The summed E-state index contributed by atoms with van der Waals surface area (Å²) in [6.45, 7) is 12.8. The third-order valence-corrected chi connectivity index (χ3v) is 4.12. The number of allylic oxidation sites excluding steroid dienone is 4. The molecule has 0 aromatic heterocycles. The minimum Gasteiger partial charge on any atom is -0.399 e. The first-order chi connectivity index (χ1) is 7.63. The smallest absolute Gasteiger partial charge is 0.399 e. The molecule has 0 unspecified atom stereocenters. The third-order valence-electron chi connectivity index (χ3n) is 4.12. The molecule has 2 aliphatic rings.